The molecule has 3 rings (SSSR count). The third-order valence-corrected chi connectivity index (χ3v) is 3.47. The van der Waals surface area contributed by atoms with E-state index in [0.29, 0.717) is 23.1 Å². The summed E-state index contributed by atoms with van der Waals surface area (Å²) in [7, 11) is 0. The molecule has 0 fully saturated rings. The second kappa shape index (κ2) is 4.02. The Bertz CT molecular complexity index is 693. The number of hydrogen-bond donors (Lipinski definition) is 1. The average molecular weight is 264 g/mol. The van der Waals surface area contributed by atoms with Gasteiger partial charge in [0.1, 0.15) is 5.82 Å². The molecule has 0 aromatic heterocycles. The van der Waals surface area contributed by atoms with Crippen LogP contribution in [0.3, 0.4) is 0 Å². The van der Waals surface area contributed by atoms with Gasteiger partial charge in [0, 0.05) is 11.1 Å². The molecule has 0 aliphatic heterocycles. The van der Waals surface area contributed by atoms with Crippen LogP contribution in [0, 0.1) is 17.5 Å². The van der Waals surface area contributed by atoms with E-state index in [-0.39, 0.29) is 11.1 Å². The molecular weight excluding hydrogens is 253 g/mol. The molecule has 0 bridgehead atoms. The summed E-state index contributed by atoms with van der Waals surface area (Å²) >= 11 is 0. The molecule has 1 nitrogen and oxygen atoms in total. The predicted molar refractivity (Wildman–Crippen MR) is 66.4 cm³/mol. The van der Waals surface area contributed by atoms with Gasteiger partial charge in [0.2, 0.25) is 5.82 Å². The molecule has 0 amide bonds. The SMILES string of the molecule is CCCc1ccc2c(c1F)-c1c-2cc(O)c(F)c1F. The lowest BCUT2D eigenvalue weighted by Gasteiger charge is -2.26. The fraction of sp³-hybridized carbons (Fsp3) is 0.200. The maximum Gasteiger partial charge on any atom is 0.201 e. The van der Waals surface area contributed by atoms with Crippen LogP contribution in [-0.4, -0.2) is 5.11 Å². The molecule has 0 saturated heterocycles. The Hall–Kier alpha value is -1.97. The van der Waals surface area contributed by atoms with Crippen LogP contribution in [0.4, 0.5) is 13.2 Å². The number of hydrogen-bond acceptors (Lipinski definition) is 1. The summed E-state index contributed by atoms with van der Waals surface area (Å²) in [6.07, 6.45) is 1.33. The first kappa shape index (κ1) is 12.1. The smallest absolute Gasteiger partial charge is 0.201 e. The van der Waals surface area contributed by atoms with Crippen LogP contribution in [0.5, 0.6) is 5.75 Å². The molecule has 1 N–H and O–H groups in total. The number of phenols is 1. The number of aryl methyl sites for hydroxylation is 1. The van der Waals surface area contributed by atoms with Crippen molar-refractivity contribution in [2.75, 3.05) is 0 Å². The van der Waals surface area contributed by atoms with Crippen molar-refractivity contribution < 1.29 is 18.3 Å². The third-order valence-electron chi connectivity index (χ3n) is 3.47. The summed E-state index contributed by atoms with van der Waals surface area (Å²) in [6, 6.07) is 4.47. The van der Waals surface area contributed by atoms with E-state index in [1.54, 1.807) is 12.1 Å². The molecule has 0 atom stereocenters. The highest BCUT2D eigenvalue weighted by Crippen LogP contribution is 2.52. The molecule has 0 saturated carbocycles. The quantitative estimate of drug-likeness (QED) is 0.727. The van der Waals surface area contributed by atoms with E-state index in [0.717, 1.165) is 12.5 Å². The second-order valence-corrected chi connectivity index (χ2v) is 4.66. The molecule has 0 spiro atoms. The largest absolute Gasteiger partial charge is 0.505 e. The van der Waals surface area contributed by atoms with Gasteiger partial charge in [-0.3, -0.25) is 0 Å². The standard InChI is InChI=1S/C15H11F3O/c1-2-3-7-4-5-8-9-6-10(19)14(17)15(18)12(9)11(8)13(7)16/h4-6,19H,2-3H2,1H3. The fourth-order valence-corrected chi connectivity index (χ4v) is 2.56. The molecule has 1 aliphatic carbocycles. The summed E-state index contributed by atoms with van der Waals surface area (Å²) < 4.78 is 41.4. The molecule has 1 aliphatic rings. The third kappa shape index (κ3) is 1.49. The monoisotopic (exact) mass is 264 g/mol. The van der Waals surface area contributed by atoms with Crippen molar-refractivity contribution in [3.05, 3.63) is 41.2 Å². The van der Waals surface area contributed by atoms with E-state index in [1.807, 2.05) is 6.92 Å². The molecule has 98 valence electrons. The Morgan fingerprint density at radius 1 is 0.947 bits per heavy atom. The van der Waals surface area contributed by atoms with Crippen molar-refractivity contribution in [2.24, 2.45) is 0 Å². The number of fused-ring (bicyclic) bond motifs is 4. The topological polar surface area (TPSA) is 20.2 Å². The number of rotatable bonds is 2. The van der Waals surface area contributed by atoms with Gasteiger partial charge < -0.3 is 5.11 Å². The molecule has 0 unspecified atom stereocenters. The fourth-order valence-electron chi connectivity index (χ4n) is 2.56. The van der Waals surface area contributed by atoms with Gasteiger partial charge in [0.05, 0.1) is 0 Å². The number of phenolic OH excluding ortho intramolecular Hbond substituents is 1. The minimum absolute atomic E-state index is 0.0687. The van der Waals surface area contributed by atoms with Crippen LogP contribution in [0.1, 0.15) is 18.9 Å². The van der Waals surface area contributed by atoms with Crippen LogP contribution in [-0.2, 0) is 6.42 Å². The molecular formula is C15H11F3O. The lowest BCUT2D eigenvalue weighted by atomic mass is 9.78. The summed E-state index contributed by atoms with van der Waals surface area (Å²) in [5.41, 5.74) is 1.42. The lowest BCUT2D eigenvalue weighted by Crippen LogP contribution is -2.08. The summed E-state index contributed by atoms with van der Waals surface area (Å²) in [4.78, 5) is 0. The zero-order chi connectivity index (χ0) is 13.7. The van der Waals surface area contributed by atoms with Crippen LogP contribution in [0.15, 0.2) is 18.2 Å². The molecule has 0 radical (unpaired) electrons. The maximum atomic E-state index is 14.2. The summed E-state index contributed by atoms with van der Waals surface area (Å²) in [6.45, 7) is 1.92. The Labute approximate surface area is 108 Å². The van der Waals surface area contributed by atoms with E-state index in [1.165, 1.54) is 0 Å². The van der Waals surface area contributed by atoms with Gasteiger partial charge in [0.15, 0.2) is 11.6 Å². The molecule has 2 aromatic carbocycles. The Morgan fingerprint density at radius 2 is 1.63 bits per heavy atom. The van der Waals surface area contributed by atoms with Crippen molar-refractivity contribution >= 4 is 0 Å². The number of halogens is 3. The van der Waals surface area contributed by atoms with Crippen LogP contribution in [0.25, 0.3) is 22.3 Å². The molecule has 19 heavy (non-hydrogen) atoms. The summed E-state index contributed by atoms with van der Waals surface area (Å²) in [5, 5.41) is 9.26. The van der Waals surface area contributed by atoms with Crippen molar-refractivity contribution in [2.45, 2.75) is 19.8 Å². The van der Waals surface area contributed by atoms with Gasteiger partial charge in [-0.2, -0.15) is 4.39 Å². The minimum atomic E-state index is -1.33. The normalized spacial score (nSPS) is 11.8. The van der Waals surface area contributed by atoms with Gasteiger partial charge in [-0.1, -0.05) is 25.5 Å². The van der Waals surface area contributed by atoms with Gasteiger partial charge in [-0.05, 0) is 29.2 Å². The van der Waals surface area contributed by atoms with Crippen LogP contribution >= 0.6 is 0 Å². The first-order valence-corrected chi connectivity index (χ1v) is 6.09. The van der Waals surface area contributed by atoms with E-state index < -0.39 is 23.2 Å². The minimum Gasteiger partial charge on any atom is -0.505 e. The molecule has 0 heterocycles. The first-order chi connectivity index (χ1) is 9.06. The molecule has 4 heteroatoms. The zero-order valence-corrected chi connectivity index (χ0v) is 10.2. The van der Waals surface area contributed by atoms with Crippen molar-refractivity contribution in [3.63, 3.8) is 0 Å². The predicted octanol–water partition coefficient (Wildman–Crippen LogP) is 4.41. The average Bonchev–Trinajstić information content (AvgIpc) is 2.37. The highest BCUT2D eigenvalue weighted by molar-refractivity contribution is 6.03. The number of aromatic hydroxyl groups is 1. The van der Waals surface area contributed by atoms with Crippen molar-refractivity contribution in [1.82, 2.24) is 0 Å². The second-order valence-electron chi connectivity index (χ2n) is 4.66. The zero-order valence-electron chi connectivity index (χ0n) is 10.2. The van der Waals surface area contributed by atoms with Gasteiger partial charge in [-0.25, -0.2) is 8.78 Å². The highest BCUT2D eigenvalue weighted by Gasteiger charge is 2.33. The first-order valence-electron chi connectivity index (χ1n) is 6.09. The Morgan fingerprint density at radius 3 is 2.32 bits per heavy atom. The van der Waals surface area contributed by atoms with Crippen LogP contribution < -0.4 is 0 Å². The highest BCUT2D eigenvalue weighted by atomic mass is 19.2. The van der Waals surface area contributed by atoms with Gasteiger partial charge in [0.25, 0.3) is 0 Å². The van der Waals surface area contributed by atoms with Crippen LogP contribution in [0.2, 0.25) is 0 Å². The number of benzene rings is 2. The molecule has 2 aromatic rings. The Kier molecular flexibility index (Phi) is 2.55. The van der Waals surface area contributed by atoms with E-state index in [9.17, 15) is 18.3 Å². The Balaban J connectivity index is 2.23. The van der Waals surface area contributed by atoms with Gasteiger partial charge in [-0.15, -0.1) is 0 Å². The van der Waals surface area contributed by atoms with E-state index >= 15 is 0 Å². The van der Waals surface area contributed by atoms with Crippen molar-refractivity contribution in [3.8, 4) is 28.0 Å². The lowest BCUT2D eigenvalue weighted by molar-refractivity contribution is 0.408. The summed E-state index contributed by atoms with van der Waals surface area (Å²) in [5.74, 6) is -3.75. The van der Waals surface area contributed by atoms with Crippen molar-refractivity contribution in [1.29, 1.82) is 0 Å². The van der Waals surface area contributed by atoms with E-state index in [2.05, 4.69) is 0 Å². The van der Waals surface area contributed by atoms with Gasteiger partial charge >= 0.3 is 0 Å². The van der Waals surface area contributed by atoms with E-state index in [4.69, 9.17) is 0 Å². The maximum absolute atomic E-state index is 14.2.